The van der Waals surface area contributed by atoms with E-state index in [2.05, 4.69) is 42.2 Å². The van der Waals surface area contributed by atoms with E-state index in [1.165, 1.54) is 36.7 Å². The summed E-state index contributed by atoms with van der Waals surface area (Å²) >= 11 is 26.2. The van der Waals surface area contributed by atoms with Crippen LogP contribution in [0.4, 0.5) is 17.6 Å². The van der Waals surface area contributed by atoms with Crippen LogP contribution in [0.15, 0.2) is 170 Å². The van der Waals surface area contributed by atoms with Crippen molar-refractivity contribution in [3.63, 3.8) is 0 Å². The Labute approximate surface area is 622 Å². The number of ketones is 1. The molecule has 13 nitrogen and oxygen atoms in total. The van der Waals surface area contributed by atoms with Crippen molar-refractivity contribution in [1.29, 1.82) is 0 Å². The van der Waals surface area contributed by atoms with Crippen LogP contribution >= 0.6 is 89.3 Å². The van der Waals surface area contributed by atoms with Crippen molar-refractivity contribution >= 4 is 163 Å². The van der Waals surface area contributed by atoms with E-state index < -0.39 is 65.5 Å². The van der Waals surface area contributed by atoms with Crippen molar-refractivity contribution < 1.29 is 70.0 Å². The molecule has 4 atom stereocenters. The van der Waals surface area contributed by atoms with E-state index >= 15 is 0 Å². The number of carbonyl (C=O) groups is 2. The molecule has 9 aromatic rings. The molecule has 3 heterocycles. The summed E-state index contributed by atoms with van der Waals surface area (Å²) in [5, 5.41) is 7.95. The smallest absolute Gasteiger partial charge is 1.00 e. The minimum Gasteiger partial charge on any atom is -1.00 e. The Morgan fingerprint density at radius 3 is 1.31 bits per heavy atom. The molecule has 0 amide bonds. The van der Waals surface area contributed by atoms with Gasteiger partial charge in [-0.3, -0.25) is 18.9 Å². The van der Waals surface area contributed by atoms with E-state index in [1.54, 1.807) is 97.3 Å². The number of benzene rings is 6. The van der Waals surface area contributed by atoms with Gasteiger partial charge < -0.3 is 30.2 Å². The number of nitrogens with two attached hydrogens (primary N) is 1. The second kappa shape index (κ2) is 43.1. The number of carbonyl (C=O) groups excluding carboxylic acids is 2. The molecule has 0 saturated carbocycles. The van der Waals surface area contributed by atoms with Gasteiger partial charge in [0.1, 0.15) is 28.4 Å². The van der Waals surface area contributed by atoms with Gasteiger partial charge >= 0.3 is 23.1 Å². The van der Waals surface area contributed by atoms with E-state index in [0.717, 1.165) is 28.8 Å². The normalized spacial score (nSPS) is 12.0. The van der Waals surface area contributed by atoms with Crippen LogP contribution in [0.1, 0.15) is 112 Å². The third kappa shape index (κ3) is 32.7. The third-order valence-corrected chi connectivity index (χ3v) is 17.6. The van der Waals surface area contributed by atoms with Gasteiger partial charge in [-0.1, -0.05) is 62.3 Å². The van der Waals surface area contributed by atoms with Crippen LogP contribution in [0.3, 0.4) is 0 Å². The second-order valence-electron chi connectivity index (χ2n) is 22.0. The van der Waals surface area contributed by atoms with Crippen molar-refractivity contribution in [2.45, 2.75) is 88.9 Å². The summed E-state index contributed by atoms with van der Waals surface area (Å²) in [4.78, 5) is 33.8. The molecule has 0 aliphatic heterocycles. The minimum atomic E-state index is -1.31. The number of alkyl halides is 1. The number of oxazole rings is 3. The summed E-state index contributed by atoms with van der Waals surface area (Å²) in [5.74, 6) is 0.0788. The van der Waals surface area contributed by atoms with Crippen LogP contribution in [0.5, 0.6) is 0 Å². The topological polar surface area (TPSA) is 202 Å². The Morgan fingerprint density at radius 2 is 0.957 bits per heavy atom. The first-order valence-electron chi connectivity index (χ1n) is 26.8. The molecule has 0 radical (unpaired) electrons. The fourth-order valence-corrected chi connectivity index (χ4v) is 9.10. The fraction of sp³-hybridized carbons (Fsp3) is 0.246. The van der Waals surface area contributed by atoms with E-state index in [0.29, 0.717) is 77.6 Å². The quantitative estimate of drug-likeness (QED) is 0.0219. The molecule has 0 fully saturated rings. The minimum absolute atomic E-state index is 0. The molecule has 3 aromatic heterocycles. The van der Waals surface area contributed by atoms with Gasteiger partial charge in [-0.2, -0.15) is 43.9 Å². The Morgan fingerprint density at radius 1 is 0.596 bits per heavy atom. The summed E-state index contributed by atoms with van der Waals surface area (Å²) < 4.78 is 106. The van der Waals surface area contributed by atoms with Crippen molar-refractivity contribution in [3.8, 4) is 34.4 Å². The standard InChI is InChI=1S/C22H22ClF2NO2S.C14H15ClN2O2S.C10H6ClNO2.C8H6BrClO.C7H5F2.C4H11NOS.BrH.Mg.2H2S/c1-22(2,3)29(27)13-16(8-14-9-18(24)11-19(25)10-14)20-12-26-21(28-20)15-4-6-17(23)7-5-15;1-14(2,3)20(18)17-9-12-8-16-13(19-12)10-4-6-11(15)7-5-10;11-8-3-1-7(2-4-8)10-12-5-9(6-13)14-10;9-5-8(11)6-1-3-7(10)4-2-6;1-5-2-6(8)4-7(9)3-5;1-4(2,3)7(5)6;;;;/h4-7,9-12,16H,8,13H2,1-3H3;4-9H,1-3H3;1-6H;1-4H,5H2;2-4H,1H2;5H2,1-3H3;1H;;2*1H2/q;;;;-1;;;+2;;/p-1/t16?,29-;20-;;;;7-;;;;/m10...0..../s1. The van der Waals surface area contributed by atoms with Gasteiger partial charge in [-0.15, -0.1) is 12.1 Å². The second-order valence-corrected chi connectivity index (χ2v) is 30.3. The number of hydrogen-bond acceptors (Lipinski definition) is 11. The molecule has 94 heavy (non-hydrogen) atoms. The van der Waals surface area contributed by atoms with Gasteiger partial charge in [0.05, 0.1) is 62.2 Å². The first-order chi connectivity index (χ1) is 42.1. The molecular formula is C65H69Br2Cl4F4MgN5O8S5. The maximum absolute atomic E-state index is 13.6. The number of aldehydes is 1. The molecule has 2 N–H and O–H groups in total. The zero-order valence-electron chi connectivity index (χ0n) is 52.3. The fourth-order valence-electron chi connectivity index (χ4n) is 6.61. The summed E-state index contributed by atoms with van der Waals surface area (Å²) in [6.45, 7) is 20.1. The zero-order valence-corrected chi connectivity index (χ0v) is 64.4. The SMILES string of the molecule is CC(C)(C)[S@@](N)=O.CC(C)(C)[S@](=O)CC(Cc1cc(F)cc(F)c1)c1cnc(-c2ccc(Cl)cc2)o1.CC(C)(C)[S@](=O)N=Cc1cnc(-c2ccc(Cl)cc2)o1.O=C(CBr)c1ccc(Cl)cc1.O=Cc1cnc(-c2ccc(Cl)cc2)o1.S.S.[Br-].[CH2-]c1cc(F)cc(F)c1.[Mg+2]. The first kappa shape index (κ1) is 89.5. The predicted octanol–water partition coefficient (Wildman–Crippen LogP) is 15.2. The number of halogens is 10. The molecule has 0 aliphatic rings. The van der Waals surface area contributed by atoms with Crippen LogP contribution in [-0.2, 0) is 39.2 Å². The Hall–Kier alpha value is -4.45. The van der Waals surface area contributed by atoms with Crippen LogP contribution in [-0.4, -0.2) is 94.2 Å². The largest absolute Gasteiger partial charge is 2.00 e. The molecular weight excluding hydrogens is 1540 g/mol. The van der Waals surface area contributed by atoms with Gasteiger partial charge in [0.2, 0.25) is 17.7 Å². The summed E-state index contributed by atoms with van der Waals surface area (Å²) in [5.41, 5.74) is 3.89. The van der Waals surface area contributed by atoms with Gasteiger partial charge in [-0.05, 0) is 190 Å². The third-order valence-electron chi connectivity index (χ3n) is 11.4. The molecule has 0 bridgehead atoms. The predicted molar refractivity (Wildman–Crippen MR) is 386 cm³/mol. The van der Waals surface area contributed by atoms with E-state index in [9.17, 15) is 39.8 Å². The van der Waals surface area contributed by atoms with Gasteiger partial charge in [-0.25, -0.2) is 40.9 Å². The average molecular weight is 1610 g/mol. The van der Waals surface area contributed by atoms with Crippen molar-refractivity contribution in [3.05, 3.63) is 236 Å². The summed E-state index contributed by atoms with van der Waals surface area (Å²) in [6, 6.07) is 34.7. The molecule has 504 valence electrons. The summed E-state index contributed by atoms with van der Waals surface area (Å²) in [7, 11) is -3.68. The summed E-state index contributed by atoms with van der Waals surface area (Å²) in [6.07, 6.45) is 6.86. The molecule has 0 saturated heterocycles. The van der Waals surface area contributed by atoms with Gasteiger partial charge in [0.15, 0.2) is 23.6 Å². The maximum Gasteiger partial charge on any atom is 2.00 e. The van der Waals surface area contributed by atoms with Gasteiger partial charge in [0.25, 0.3) is 0 Å². The van der Waals surface area contributed by atoms with Crippen molar-refractivity contribution in [2.24, 2.45) is 9.54 Å². The number of Topliss-reactive ketones (excluding diaryl/α,β-unsaturated/α-hetero) is 1. The first-order valence-corrected chi connectivity index (χ1v) is 33.1. The molecule has 1 unspecified atom stereocenters. The monoisotopic (exact) mass is 1610 g/mol. The number of hydrogen-bond donors (Lipinski definition) is 1. The van der Waals surface area contributed by atoms with Crippen LogP contribution in [0.25, 0.3) is 34.4 Å². The van der Waals surface area contributed by atoms with E-state index in [1.807, 2.05) is 74.4 Å². The van der Waals surface area contributed by atoms with Gasteiger partial charge in [0, 0.05) is 75.6 Å². The zero-order chi connectivity index (χ0) is 67.1. The van der Waals surface area contributed by atoms with E-state index in [-0.39, 0.29) is 101 Å². The van der Waals surface area contributed by atoms with Crippen molar-refractivity contribution in [2.75, 3.05) is 11.1 Å². The maximum atomic E-state index is 13.6. The Balaban J connectivity index is 0.00000117. The van der Waals surface area contributed by atoms with E-state index in [4.69, 9.17) is 64.8 Å². The van der Waals surface area contributed by atoms with Crippen LogP contribution < -0.4 is 22.1 Å². The molecule has 29 heteroatoms. The Bertz CT molecular complexity index is 3810. The van der Waals surface area contributed by atoms with Crippen LogP contribution in [0, 0.1) is 30.2 Å². The molecule has 6 aromatic carbocycles. The molecule has 0 spiro atoms. The number of rotatable bonds is 13. The average Bonchev–Trinajstić information content (AvgIpc) is 1.65. The molecule has 9 rings (SSSR count). The van der Waals surface area contributed by atoms with Crippen LogP contribution in [0.2, 0.25) is 20.1 Å². The number of aromatic nitrogens is 3. The Kier molecular flexibility index (Phi) is 41.0. The molecule has 0 aliphatic carbocycles. The number of nitrogens with zero attached hydrogens (tertiary/aromatic N) is 4. The van der Waals surface area contributed by atoms with Crippen molar-refractivity contribution in [1.82, 2.24) is 15.0 Å².